The van der Waals surface area contributed by atoms with Crippen LogP contribution in [0.5, 0.6) is 0 Å². The number of furan rings is 1. The summed E-state index contributed by atoms with van der Waals surface area (Å²) >= 11 is 0. The van der Waals surface area contributed by atoms with E-state index in [4.69, 9.17) is 4.42 Å². The number of carbonyl (C=O) groups is 1. The van der Waals surface area contributed by atoms with Crippen molar-refractivity contribution < 1.29 is 9.21 Å². The number of rotatable bonds is 3. The zero-order valence-corrected chi connectivity index (χ0v) is 10.1. The highest BCUT2D eigenvalue weighted by molar-refractivity contribution is 5.91. The predicted octanol–water partition coefficient (Wildman–Crippen LogP) is 3.55. The first-order valence-electron chi connectivity index (χ1n) is 5.88. The standard InChI is InChI=1S/C15H13NO2/c1-10(17)15-7-6-12(18-15)8-11-9-16-14-5-3-2-4-13(11)14/h2-7,9,16H,8H2,1H3. The molecule has 0 atom stereocenters. The van der Waals surface area contributed by atoms with E-state index >= 15 is 0 Å². The average Bonchev–Trinajstić information content (AvgIpc) is 2.98. The molecule has 0 saturated carbocycles. The molecule has 0 spiro atoms. The fourth-order valence-corrected chi connectivity index (χ4v) is 2.13. The van der Waals surface area contributed by atoms with E-state index in [1.165, 1.54) is 17.9 Å². The largest absolute Gasteiger partial charge is 0.458 e. The molecule has 0 radical (unpaired) electrons. The Labute approximate surface area is 104 Å². The third-order valence-electron chi connectivity index (χ3n) is 3.05. The fraction of sp³-hybridized carbons (Fsp3) is 0.133. The van der Waals surface area contributed by atoms with Gasteiger partial charge in [0.25, 0.3) is 0 Å². The number of hydrogen-bond acceptors (Lipinski definition) is 2. The smallest absolute Gasteiger partial charge is 0.194 e. The van der Waals surface area contributed by atoms with Gasteiger partial charge in [0.2, 0.25) is 0 Å². The topological polar surface area (TPSA) is 46.0 Å². The lowest BCUT2D eigenvalue weighted by molar-refractivity contribution is 0.0985. The molecule has 0 bridgehead atoms. The maximum atomic E-state index is 11.2. The number of nitrogens with one attached hydrogen (secondary N) is 1. The third kappa shape index (κ3) is 1.84. The number of ketones is 1. The van der Waals surface area contributed by atoms with Crippen LogP contribution in [0.25, 0.3) is 10.9 Å². The van der Waals surface area contributed by atoms with Crippen molar-refractivity contribution in [3.8, 4) is 0 Å². The number of aromatic amines is 1. The Hall–Kier alpha value is -2.29. The van der Waals surface area contributed by atoms with Crippen LogP contribution < -0.4 is 0 Å². The summed E-state index contributed by atoms with van der Waals surface area (Å²) in [6, 6.07) is 11.7. The molecule has 2 aromatic heterocycles. The lowest BCUT2D eigenvalue weighted by Gasteiger charge is -1.96. The highest BCUT2D eigenvalue weighted by Gasteiger charge is 2.09. The summed E-state index contributed by atoms with van der Waals surface area (Å²) in [6.45, 7) is 1.51. The third-order valence-corrected chi connectivity index (χ3v) is 3.05. The minimum absolute atomic E-state index is 0.0415. The Kier molecular flexibility index (Phi) is 2.52. The Morgan fingerprint density at radius 1 is 1.22 bits per heavy atom. The van der Waals surface area contributed by atoms with Crippen molar-refractivity contribution in [2.24, 2.45) is 0 Å². The van der Waals surface area contributed by atoms with Gasteiger partial charge in [0.15, 0.2) is 11.5 Å². The first-order valence-corrected chi connectivity index (χ1v) is 5.88. The van der Waals surface area contributed by atoms with Crippen LogP contribution in [0.1, 0.15) is 28.8 Å². The van der Waals surface area contributed by atoms with Crippen LogP contribution in [0.3, 0.4) is 0 Å². The lowest BCUT2D eigenvalue weighted by atomic mass is 10.1. The molecule has 0 fully saturated rings. The molecule has 0 aliphatic rings. The van der Waals surface area contributed by atoms with Crippen LogP contribution in [0.15, 0.2) is 47.0 Å². The second kappa shape index (κ2) is 4.18. The predicted molar refractivity (Wildman–Crippen MR) is 69.8 cm³/mol. The van der Waals surface area contributed by atoms with Gasteiger partial charge in [-0.15, -0.1) is 0 Å². The van der Waals surface area contributed by atoms with E-state index in [1.54, 1.807) is 6.07 Å². The van der Waals surface area contributed by atoms with Crippen LogP contribution in [0, 0.1) is 0 Å². The molecule has 0 amide bonds. The highest BCUT2D eigenvalue weighted by atomic mass is 16.3. The molecule has 1 N–H and O–H groups in total. The summed E-state index contributed by atoms with van der Waals surface area (Å²) in [5.41, 5.74) is 2.29. The molecule has 0 aliphatic carbocycles. The maximum absolute atomic E-state index is 11.2. The van der Waals surface area contributed by atoms with E-state index in [0.717, 1.165) is 11.3 Å². The van der Waals surface area contributed by atoms with Crippen LogP contribution in [0.4, 0.5) is 0 Å². The number of H-pyrrole nitrogens is 1. The Morgan fingerprint density at radius 2 is 2.06 bits per heavy atom. The van der Waals surface area contributed by atoms with E-state index < -0.39 is 0 Å². The van der Waals surface area contributed by atoms with Crippen LogP contribution >= 0.6 is 0 Å². The quantitative estimate of drug-likeness (QED) is 0.710. The molecular weight excluding hydrogens is 226 g/mol. The molecule has 0 saturated heterocycles. The minimum Gasteiger partial charge on any atom is -0.458 e. The van der Waals surface area contributed by atoms with Crippen molar-refractivity contribution in [1.29, 1.82) is 0 Å². The molecule has 0 aliphatic heterocycles. The summed E-state index contributed by atoms with van der Waals surface area (Å²) in [5, 5.41) is 1.19. The van der Waals surface area contributed by atoms with Crippen molar-refractivity contribution in [2.45, 2.75) is 13.3 Å². The zero-order chi connectivity index (χ0) is 12.5. The number of fused-ring (bicyclic) bond motifs is 1. The Balaban J connectivity index is 1.93. The zero-order valence-electron chi connectivity index (χ0n) is 10.1. The van der Waals surface area contributed by atoms with Gasteiger partial charge in [-0.25, -0.2) is 0 Å². The summed E-state index contributed by atoms with van der Waals surface area (Å²) < 4.78 is 5.50. The molecule has 3 heteroatoms. The number of aromatic nitrogens is 1. The van der Waals surface area contributed by atoms with Crippen molar-refractivity contribution in [2.75, 3.05) is 0 Å². The SMILES string of the molecule is CC(=O)c1ccc(Cc2c[nH]c3ccccc23)o1. The van der Waals surface area contributed by atoms with E-state index in [9.17, 15) is 4.79 Å². The molecule has 3 nitrogen and oxygen atoms in total. The van der Waals surface area contributed by atoms with E-state index in [2.05, 4.69) is 11.1 Å². The number of Topliss-reactive ketones (excluding diaryl/α,β-unsaturated/α-hetero) is 1. The van der Waals surface area contributed by atoms with Gasteiger partial charge in [-0.2, -0.15) is 0 Å². The van der Waals surface area contributed by atoms with Gasteiger partial charge in [-0.05, 0) is 23.8 Å². The number of benzene rings is 1. The van der Waals surface area contributed by atoms with Gasteiger partial charge in [-0.3, -0.25) is 4.79 Å². The summed E-state index contributed by atoms with van der Waals surface area (Å²) in [6.07, 6.45) is 2.68. The summed E-state index contributed by atoms with van der Waals surface area (Å²) in [5.74, 6) is 1.19. The fourth-order valence-electron chi connectivity index (χ4n) is 2.13. The summed E-state index contributed by atoms with van der Waals surface area (Å²) in [4.78, 5) is 14.4. The molecule has 2 heterocycles. The van der Waals surface area contributed by atoms with Gasteiger partial charge >= 0.3 is 0 Å². The van der Waals surface area contributed by atoms with Crippen molar-refractivity contribution in [1.82, 2.24) is 4.98 Å². The second-order valence-electron chi connectivity index (χ2n) is 4.36. The number of carbonyl (C=O) groups excluding carboxylic acids is 1. The van der Waals surface area contributed by atoms with Gasteiger partial charge in [0.05, 0.1) is 0 Å². The van der Waals surface area contributed by atoms with Crippen molar-refractivity contribution in [3.63, 3.8) is 0 Å². The molecule has 3 aromatic rings. The van der Waals surface area contributed by atoms with E-state index in [0.29, 0.717) is 12.2 Å². The van der Waals surface area contributed by atoms with Gasteiger partial charge in [-0.1, -0.05) is 18.2 Å². The van der Waals surface area contributed by atoms with Crippen LogP contribution in [-0.4, -0.2) is 10.8 Å². The normalized spacial score (nSPS) is 10.9. The molecule has 18 heavy (non-hydrogen) atoms. The van der Waals surface area contributed by atoms with Crippen molar-refractivity contribution in [3.05, 3.63) is 59.7 Å². The van der Waals surface area contributed by atoms with E-state index in [1.807, 2.05) is 30.5 Å². The second-order valence-corrected chi connectivity index (χ2v) is 4.36. The average molecular weight is 239 g/mol. The van der Waals surface area contributed by atoms with Gasteiger partial charge < -0.3 is 9.40 Å². The molecule has 1 aromatic carbocycles. The molecular formula is C15H13NO2. The summed E-state index contributed by atoms with van der Waals surface area (Å²) in [7, 11) is 0. The highest BCUT2D eigenvalue weighted by Crippen LogP contribution is 2.21. The Morgan fingerprint density at radius 3 is 2.83 bits per heavy atom. The first kappa shape index (κ1) is 10.8. The monoisotopic (exact) mass is 239 g/mol. The van der Waals surface area contributed by atoms with Crippen LogP contribution in [0.2, 0.25) is 0 Å². The number of para-hydroxylation sites is 1. The molecule has 3 rings (SSSR count). The maximum Gasteiger partial charge on any atom is 0.194 e. The van der Waals surface area contributed by atoms with E-state index in [-0.39, 0.29) is 5.78 Å². The molecule has 0 unspecified atom stereocenters. The van der Waals surface area contributed by atoms with Crippen molar-refractivity contribution >= 4 is 16.7 Å². The van der Waals surface area contributed by atoms with Gasteiger partial charge in [0, 0.05) is 30.4 Å². The number of hydrogen-bond donors (Lipinski definition) is 1. The first-order chi connectivity index (χ1) is 8.74. The Bertz CT molecular complexity index is 706. The van der Waals surface area contributed by atoms with Gasteiger partial charge in [0.1, 0.15) is 5.76 Å². The lowest BCUT2D eigenvalue weighted by Crippen LogP contribution is -1.87. The minimum atomic E-state index is -0.0415. The van der Waals surface area contributed by atoms with Crippen LogP contribution in [-0.2, 0) is 6.42 Å². The molecule has 90 valence electrons.